The molecule has 128 valence electrons. The van der Waals surface area contributed by atoms with Crippen LogP contribution in [0.3, 0.4) is 0 Å². The normalized spacial score (nSPS) is 15.3. The first-order valence-electron chi connectivity index (χ1n) is 8.59. The van der Waals surface area contributed by atoms with Gasteiger partial charge in [0, 0.05) is 30.8 Å². The minimum atomic E-state index is -0.0565. The van der Waals surface area contributed by atoms with Crippen molar-refractivity contribution in [2.75, 3.05) is 13.1 Å². The van der Waals surface area contributed by atoms with Gasteiger partial charge >= 0.3 is 0 Å². The zero-order chi connectivity index (χ0) is 16.7. The van der Waals surface area contributed by atoms with Crippen LogP contribution in [0, 0.1) is 6.92 Å². The Kier molecular flexibility index (Phi) is 7.02. The molecule has 0 atom stereocenters. The fourth-order valence-corrected chi connectivity index (χ4v) is 3.72. The summed E-state index contributed by atoms with van der Waals surface area (Å²) in [6, 6.07) is 0. The lowest BCUT2D eigenvalue weighted by molar-refractivity contribution is -0.133. The lowest BCUT2D eigenvalue weighted by Gasteiger charge is -2.20. The maximum absolute atomic E-state index is 12.2. The first-order valence-corrected chi connectivity index (χ1v) is 9.41. The Morgan fingerprint density at radius 3 is 2.48 bits per heavy atom. The Morgan fingerprint density at radius 1 is 1.17 bits per heavy atom. The van der Waals surface area contributed by atoms with E-state index in [1.54, 1.807) is 11.3 Å². The van der Waals surface area contributed by atoms with Crippen molar-refractivity contribution >= 4 is 23.2 Å². The molecule has 1 aromatic rings. The topological polar surface area (TPSA) is 62.3 Å². The molecule has 5 nitrogen and oxygen atoms in total. The molecular weight excluding hydrogens is 310 g/mol. The van der Waals surface area contributed by atoms with Crippen molar-refractivity contribution in [2.24, 2.45) is 0 Å². The molecule has 1 aromatic heterocycles. The van der Waals surface area contributed by atoms with Gasteiger partial charge in [-0.25, -0.2) is 4.98 Å². The number of likely N-dealkylation sites (tertiary alicyclic amines) is 1. The minimum Gasteiger partial charge on any atom is -0.351 e. The molecule has 2 heterocycles. The number of amides is 2. The van der Waals surface area contributed by atoms with E-state index in [4.69, 9.17) is 0 Å². The largest absolute Gasteiger partial charge is 0.351 e. The molecule has 0 radical (unpaired) electrons. The maximum Gasteiger partial charge on any atom is 0.223 e. The van der Waals surface area contributed by atoms with Crippen molar-refractivity contribution in [3.05, 3.63) is 15.6 Å². The molecule has 0 spiro atoms. The van der Waals surface area contributed by atoms with Crippen LogP contribution in [0.1, 0.15) is 61.0 Å². The van der Waals surface area contributed by atoms with E-state index >= 15 is 0 Å². The molecule has 1 aliphatic heterocycles. The summed E-state index contributed by atoms with van der Waals surface area (Å²) in [6.45, 7) is 6.26. The highest BCUT2D eigenvalue weighted by Crippen LogP contribution is 2.18. The molecule has 2 rings (SSSR count). The number of thiazole rings is 1. The summed E-state index contributed by atoms with van der Waals surface area (Å²) < 4.78 is 0. The predicted molar refractivity (Wildman–Crippen MR) is 92.4 cm³/mol. The van der Waals surface area contributed by atoms with Crippen LogP contribution in [-0.2, 0) is 22.6 Å². The SMILES string of the molecule is CCc1nc(C)c(CNC(=O)CCC(=O)N2CCCCCC2)s1. The predicted octanol–water partition coefficient (Wildman–Crippen LogP) is 2.81. The summed E-state index contributed by atoms with van der Waals surface area (Å²) in [7, 11) is 0. The summed E-state index contributed by atoms with van der Waals surface area (Å²) in [6.07, 6.45) is 6.09. The average Bonchev–Trinajstić information content (AvgIpc) is 2.76. The van der Waals surface area contributed by atoms with Gasteiger partial charge in [-0.3, -0.25) is 9.59 Å². The second kappa shape index (κ2) is 9.01. The fourth-order valence-electron chi connectivity index (χ4n) is 2.77. The number of carbonyl (C=O) groups is 2. The average molecular weight is 337 g/mol. The molecule has 0 saturated carbocycles. The smallest absolute Gasteiger partial charge is 0.223 e. The third-order valence-electron chi connectivity index (χ3n) is 4.21. The van der Waals surface area contributed by atoms with Gasteiger partial charge in [0.1, 0.15) is 0 Å². The van der Waals surface area contributed by atoms with Crippen LogP contribution in [0.15, 0.2) is 0 Å². The van der Waals surface area contributed by atoms with Gasteiger partial charge in [-0.1, -0.05) is 19.8 Å². The van der Waals surface area contributed by atoms with E-state index in [0.717, 1.165) is 47.9 Å². The van der Waals surface area contributed by atoms with Crippen molar-refractivity contribution in [3.63, 3.8) is 0 Å². The molecular formula is C17H27N3O2S. The van der Waals surface area contributed by atoms with Crippen LogP contribution in [-0.4, -0.2) is 34.8 Å². The molecule has 6 heteroatoms. The number of rotatable bonds is 6. The van der Waals surface area contributed by atoms with E-state index in [2.05, 4.69) is 17.2 Å². The molecule has 1 N–H and O–H groups in total. The lowest BCUT2D eigenvalue weighted by Crippen LogP contribution is -2.33. The van der Waals surface area contributed by atoms with Gasteiger partial charge in [0.25, 0.3) is 0 Å². The van der Waals surface area contributed by atoms with Crippen molar-refractivity contribution in [3.8, 4) is 0 Å². The molecule has 2 amide bonds. The first-order chi connectivity index (χ1) is 11.1. The number of aromatic nitrogens is 1. The van der Waals surface area contributed by atoms with E-state index in [0.29, 0.717) is 13.0 Å². The van der Waals surface area contributed by atoms with Gasteiger partial charge in [-0.15, -0.1) is 11.3 Å². The van der Waals surface area contributed by atoms with Crippen molar-refractivity contribution in [1.29, 1.82) is 0 Å². The highest BCUT2D eigenvalue weighted by Gasteiger charge is 2.16. The Balaban J connectivity index is 1.71. The van der Waals surface area contributed by atoms with Crippen LogP contribution in [0.4, 0.5) is 0 Å². The van der Waals surface area contributed by atoms with Crippen molar-refractivity contribution < 1.29 is 9.59 Å². The number of hydrogen-bond acceptors (Lipinski definition) is 4. The lowest BCUT2D eigenvalue weighted by atomic mass is 10.2. The van der Waals surface area contributed by atoms with Crippen LogP contribution >= 0.6 is 11.3 Å². The second-order valence-electron chi connectivity index (χ2n) is 6.04. The van der Waals surface area contributed by atoms with Gasteiger partial charge in [0.05, 0.1) is 17.2 Å². The third-order valence-corrected chi connectivity index (χ3v) is 5.51. The van der Waals surface area contributed by atoms with Gasteiger partial charge in [-0.2, -0.15) is 0 Å². The Hall–Kier alpha value is -1.43. The zero-order valence-corrected chi connectivity index (χ0v) is 15.0. The molecule has 0 aliphatic carbocycles. The molecule has 23 heavy (non-hydrogen) atoms. The highest BCUT2D eigenvalue weighted by atomic mass is 32.1. The van der Waals surface area contributed by atoms with Crippen LogP contribution in [0.5, 0.6) is 0 Å². The van der Waals surface area contributed by atoms with E-state index in [1.807, 2.05) is 11.8 Å². The van der Waals surface area contributed by atoms with Crippen LogP contribution in [0.25, 0.3) is 0 Å². The van der Waals surface area contributed by atoms with E-state index in [-0.39, 0.29) is 18.2 Å². The summed E-state index contributed by atoms with van der Waals surface area (Å²) >= 11 is 1.65. The van der Waals surface area contributed by atoms with Gasteiger partial charge in [0.2, 0.25) is 11.8 Å². The van der Waals surface area contributed by atoms with Crippen molar-refractivity contribution in [1.82, 2.24) is 15.2 Å². The fraction of sp³-hybridized carbons (Fsp3) is 0.706. The number of nitrogens with zero attached hydrogens (tertiary/aromatic N) is 2. The van der Waals surface area contributed by atoms with E-state index < -0.39 is 0 Å². The van der Waals surface area contributed by atoms with Gasteiger partial charge < -0.3 is 10.2 Å². The van der Waals surface area contributed by atoms with Crippen molar-refractivity contribution in [2.45, 2.75) is 65.3 Å². The minimum absolute atomic E-state index is 0.0565. The number of aryl methyl sites for hydroxylation is 2. The Bertz CT molecular complexity index is 534. The molecule has 1 aliphatic rings. The summed E-state index contributed by atoms with van der Waals surface area (Å²) in [5.41, 5.74) is 0.993. The first kappa shape index (κ1) is 17.9. The van der Waals surface area contributed by atoms with Gasteiger partial charge in [0.15, 0.2) is 0 Å². The monoisotopic (exact) mass is 337 g/mol. The summed E-state index contributed by atoms with van der Waals surface area (Å²) in [5, 5.41) is 4.01. The Morgan fingerprint density at radius 2 is 1.87 bits per heavy atom. The highest BCUT2D eigenvalue weighted by molar-refractivity contribution is 7.11. The standard InChI is InChI=1S/C17H27N3O2S/c1-3-16-19-13(2)14(23-16)12-18-15(21)8-9-17(22)20-10-6-4-5-7-11-20/h3-12H2,1-2H3,(H,18,21). The van der Waals surface area contributed by atoms with Crippen LogP contribution < -0.4 is 5.32 Å². The summed E-state index contributed by atoms with van der Waals surface area (Å²) in [4.78, 5) is 31.6. The summed E-state index contributed by atoms with van der Waals surface area (Å²) in [5.74, 6) is 0.0586. The quantitative estimate of drug-likeness (QED) is 0.868. The third kappa shape index (κ3) is 5.61. The molecule has 1 saturated heterocycles. The molecule has 0 aromatic carbocycles. The number of nitrogens with one attached hydrogen (secondary N) is 1. The molecule has 1 fully saturated rings. The molecule has 0 unspecified atom stereocenters. The van der Waals surface area contributed by atoms with Gasteiger partial charge in [-0.05, 0) is 26.2 Å². The Labute approximate surface area is 142 Å². The van der Waals surface area contributed by atoms with E-state index in [9.17, 15) is 9.59 Å². The number of carbonyl (C=O) groups excluding carboxylic acids is 2. The zero-order valence-electron chi connectivity index (χ0n) is 14.2. The van der Waals surface area contributed by atoms with E-state index in [1.165, 1.54) is 12.8 Å². The second-order valence-corrected chi connectivity index (χ2v) is 7.21. The maximum atomic E-state index is 12.2. The van der Waals surface area contributed by atoms with Crippen LogP contribution in [0.2, 0.25) is 0 Å². The number of hydrogen-bond donors (Lipinski definition) is 1. The molecule has 0 bridgehead atoms.